The molecule has 3 heteroatoms. The lowest BCUT2D eigenvalue weighted by molar-refractivity contribution is 0.389. The summed E-state index contributed by atoms with van der Waals surface area (Å²) in [5.41, 5.74) is 1.07. The second-order valence-electron chi connectivity index (χ2n) is 5.58. The average molecular weight is 328 g/mol. The summed E-state index contributed by atoms with van der Waals surface area (Å²) in [7, 11) is 0. The number of rotatable bonds is 6. The molecule has 1 N–H and O–H groups in total. The van der Waals surface area contributed by atoms with Crippen molar-refractivity contribution in [1.82, 2.24) is 5.32 Å². The molecule has 2 rings (SSSR count). The SMILES string of the molecule is CCNC(Cc1cc(F)ccc1Br)CC1CCCC1. The number of benzene rings is 1. The van der Waals surface area contributed by atoms with E-state index in [2.05, 4.69) is 28.2 Å². The van der Waals surface area contributed by atoms with E-state index < -0.39 is 0 Å². The van der Waals surface area contributed by atoms with Gasteiger partial charge in [-0.25, -0.2) is 4.39 Å². The zero-order chi connectivity index (χ0) is 13.7. The van der Waals surface area contributed by atoms with E-state index in [9.17, 15) is 4.39 Å². The Bertz CT molecular complexity index is 402. The van der Waals surface area contributed by atoms with Gasteiger partial charge in [-0.15, -0.1) is 0 Å². The molecule has 0 saturated heterocycles. The highest BCUT2D eigenvalue weighted by Gasteiger charge is 2.20. The molecule has 1 atom stereocenters. The van der Waals surface area contributed by atoms with Crippen molar-refractivity contribution in [2.24, 2.45) is 5.92 Å². The van der Waals surface area contributed by atoms with Crippen LogP contribution < -0.4 is 5.32 Å². The second-order valence-corrected chi connectivity index (χ2v) is 6.43. The van der Waals surface area contributed by atoms with E-state index in [1.54, 1.807) is 6.07 Å². The average Bonchev–Trinajstić information content (AvgIpc) is 2.87. The van der Waals surface area contributed by atoms with Crippen molar-refractivity contribution in [2.45, 2.75) is 51.5 Å². The van der Waals surface area contributed by atoms with Crippen LogP contribution in [0.15, 0.2) is 22.7 Å². The topological polar surface area (TPSA) is 12.0 Å². The fraction of sp³-hybridized carbons (Fsp3) is 0.625. The number of likely N-dealkylation sites (N-methyl/N-ethyl adjacent to an activating group) is 1. The van der Waals surface area contributed by atoms with Crippen molar-refractivity contribution >= 4 is 15.9 Å². The van der Waals surface area contributed by atoms with Crippen LogP contribution in [0, 0.1) is 11.7 Å². The lowest BCUT2D eigenvalue weighted by Crippen LogP contribution is -2.32. The van der Waals surface area contributed by atoms with Gasteiger partial charge in [0.15, 0.2) is 0 Å². The summed E-state index contributed by atoms with van der Waals surface area (Å²) in [5.74, 6) is 0.714. The molecule has 0 aliphatic heterocycles. The van der Waals surface area contributed by atoms with Crippen LogP contribution in [0.1, 0.15) is 44.6 Å². The molecule has 1 aliphatic carbocycles. The van der Waals surface area contributed by atoms with Crippen LogP contribution in [-0.2, 0) is 6.42 Å². The van der Waals surface area contributed by atoms with Crippen molar-refractivity contribution in [2.75, 3.05) is 6.54 Å². The minimum absolute atomic E-state index is 0.144. The fourth-order valence-electron chi connectivity index (χ4n) is 3.14. The van der Waals surface area contributed by atoms with Crippen molar-refractivity contribution in [1.29, 1.82) is 0 Å². The smallest absolute Gasteiger partial charge is 0.123 e. The van der Waals surface area contributed by atoms with E-state index >= 15 is 0 Å². The second kappa shape index (κ2) is 7.39. The van der Waals surface area contributed by atoms with Gasteiger partial charge in [0.05, 0.1) is 0 Å². The molecule has 0 aromatic heterocycles. The van der Waals surface area contributed by atoms with Gasteiger partial charge >= 0.3 is 0 Å². The maximum atomic E-state index is 13.3. The Labute approximate surface area is 124 Å². The Morgan fingerprint density at radius 1 is 1.37 bits per heavy atom. The summed E-state index contributed by atoms with van der Waals surface area (Å²) in [5, 5.41) is 3.56. The summed E-state index contributed by atoms with van der Waals surface area (Å²) < 4.78 is 14.4. The first-order chi connectivity index (χ1) is 9.19. The van der Waals surface area contributed by atoms with E-state index in [4.69, 9.17) is 0 Å². The van der Waals surface area contributed by atoms with E-state index in [1.165, 1.54) is 38.2 Å². The van der Waals surface area contributed by atoms with Gasteiger partial charge in [0.2, 0.25) is 0 Å². The Kier molecular flexibility index (Phi) is 5.83. The third-order valence-corrected chi connectivity index (χ3v) is 4.83. The van der Waals surface area contributed by atoms with E-state index in [0.717, 1.165) is 28.9 Å². The predicted octanol–water partition coefficient (Wildman–Crippen LogP) is 4.69. The van der Waals surface area contributed by atoms with E-state index in [0.29, 0.717) is 6.04 Å². The molecule has 1 aromatic rings. The quantitative estimate of drug-likeness (QED) is 0.799. The number of hydrogen-bond acceptors (Lipinski definition) is 1. The lowest BCUT2D eigenvalue weighted by Gasteiger charge is -2.22. The summed E-state index contributed by atoms with van der Waals surface area (Å²) in [6.45, 7) is 3.12. The van der Waals surface area contributed by atoms with Crippen LogP contribution >= 0.6 is 15.9 Å². The first-order valence-electron chi connectivity index (χ1n) is 7.36. The third-order valence-electron chi connectivity index (χ3n) is 4.06. The minimum Gasteiger partial charge on any atom is -0.314 e. The minimum atomic E-state index is -0.144. The van der Waals surface area contributed by atoms with Gasteiger partial charge in [0.25, 0.3) is 0 Å². The van der Waals surface area contributed by atoms with Crippen LogP contribution in [0.2, 0.25) is 0 Å². The molecule has 106 valence electrons. The Hall–Kier alpha value is -0.410. The van der Waals surface area contributed by atoms with E-state index in [-0.39, 0.29) is 5.82 Å². The molecular formula is C16H23BrFN. The van der Waals surface area contributed by atoms with Gasteiger partial charge in [-0.2, -0.15) is 0 Å². The molecule has 0 bridgehead atoms. The Balaban J connectivity index is 2.00. The summed E-state index contributed by atoms with van der Waals surface area (Å²) in [4.78, 5) is 0. The fourth-order valence-corrected chi connectivity index (χ4v) is 3.55. The largest absolute Gasteiger partial charge is 0.314 e. The zero-order valence-electron chi connectivity index (χ0n) is 11.6. The van der Waals surface area contributed by atoms with Crippen molar-refractivity contribution < 1.29 is 4.39 Å². The highest BCUT2D eigenvalue weighted by Crippen LogP contribution is 2.30. The van der Waals surface area contributed by atoms with Crippen LogP contribution in [0.4, 0.5) is 4.39 Å². The number of nitrogens with one attached hydrogen (secondary N) is 1. The molecule has 0 amide bonds. The highest BCUT2D eigenvalue weighted by atomic mass is 79.9. The van der Waals surface area contributed by atoms with Gasteiger partial charge in [0, 0.05) is 10.5 Å². The lowest BCUT2D eigenvalue weighted by atomic mass is 9.94. The molecule has 0 radical (unpaired) electrons. The van der Waals surface area contributed by atoms with Crippen molar-refractivity contribution in [3.05, 3.63) is 34.1 Å². The molecule has 0 spiro atoms. The van der Waals surface area contributed by atoms with Crippen LogP contribution in [-0.4, -0.2) is 12.6 Å². The molecule has 1 aromatic carbocycles. The molecule has 1 unspecified atom stereocenters. The number of hydrogen-bond donors (Lipinski definition) is 1. The van der Waals surface area contributed by atoms with Gasteiger partial charge in [0.1, 0.15) is 5.82 Å². The van der Waals surface area contributed by atoms with Gasteiger partial charge < -0.3 is 5.32 Å². The molecule has 1 fully saturated rings. The van der Waals surface area contributed by atoms with Gasteiger partial charge in [-0.1, -0.05) is 48.5 Å². The maximum Gasteiger partial charge on any atom is 0.123 e. The van der Waals surface area contributed by atoms with Crippen LogP contribution in [0.25, 0.3) is 0 Å². The molecule has 19 heavy (non-hydrogen) atoms. The maximum absolute atomic E-state index is 13.3. The zero-order valence-corrected chi connectivity index (χ0v) is 13.2. The summed E-state index contributed by atoms with van der Waals surface area (Å²) in [6, 6.07) is 5.44. The summed E-state index contributed by atoms with van der Waals surface area (Å²) in [6.07, 6.45) is 7.62. The highest BCUT2D eigenvalue weighted by molar-refractivity contribution is 9.10. The first-order valence-corrected chi connectivity index (χ1v) is 8.15. The predicted molar refractivity (Wildman–Crippen MR) is 81.8 cm³/mol. The van der Waals surface area contributed by atoms with Gasteiger partial charge in [-0.3, -0.25) is 0 Å². The normalized spacial score (nSPS) is 17.8. The number of halogens is 2. The molecule has 1 saturated carbocycles. The van der Waals surface area contributed by atoms with Crippen LogP contribution in [0.3, 0.4) is 0 Å². The molecule has 1 nitrogen and oxygen atoms in total. The van der Waals surface area contributed by atoms with Gasteiger partial charge in [-0.05, 0) is 49.1 Å². The standard InChI is InChI=1S/C16H23BrFN/c1-2-19-15(9-12-5-3-4-6-12)11-13-10-14(18)7-8-16(13)17/h7-8,10,12,15,19H,2-6,9,11H2,1H3. The van der Waals surface area contributed by atoms with E-state index in [1.807, 2.05) is 6.07 Å². The first kappa shape index (κ1) is 15.0. The molecule has 0 heterocycles. The molecular weight excluding hydrogens is 305 g/mol. The molecule has 1 aliphatic rings. The van der Waals surface area contributed by atoms with Crippen LogP contribution in [0.5, 0.6) is 0 Å². The van der Waals surface area contributed by atoms with Crippen molar-refractivity contribution in [3.63, 3.8) is 0 Å². The Morgan fingerprint density at radius 3 is 2.79 bits per heavy atom. The third kappa shape index (κ3) is 4.57. The Morgan fingerprint density at radius 2 is 2.11 bits per heavy atom. The monoisotopic (exact) mass is 327 g/mol. The summed E-state index contributed by atoms with van der Waals surface area (Å²) >= 11 is 3.53. The van der Waals surface area contributed by atoms with Crippen molar-refractivity contribution in [3.8, 4) is 0 Å².